The molecule has 5 rings (SSSR count). The van der Waals surface area contributed by atoms with Crippen molar-refractivity contribution >= 4 is 29.3 Å². The molecule has 2 aromatic rings. The van der Waals surface area contributed by atoms with Gasteiger partial charge in [-0.1, -0.05) is 24.3 Å². The van der Waals surface area contributed by atoms with Crippen molar-refractivity contribution in [3.8, 4) is 0 Å². The first kappa shape index (κ1) is 22.1. The Labute approximate surface area is 185 Å². The number of rotatable bonds is 7. The van der Waals surface area contributed by atoms with E-state index >= 15 is 0 Å². The lowest BCUT2D eigenvalue weighted by Crippen LogP contribution is -2.55. The Morgan fingerprint density at radius 2 is 1.97 bits per heavy atom. The molecule has 5 nitrogen and oxygen atoms in total. The van der Waals surface area contributed by atoms with Crippen LogP contribution in [-0.2, 0) is 16.3 Å². The summed E-state index contributed by atoms with van der Waals surface area (Å²) < 4.78 is 11.2. The molecule has 1 unspecified atom stereocenters. The van der Waals surface area contributed by atoms with Gasteiger partial charge in [-0.05, 0) is 88.9 Å². The first-order valence-electron chi connectivity index (χ1n) is 10.7. The van der Waals surface area contributed by atoms with Gasteiger partial charge in [0.2, 0.25) is 6.57 Å². The summed E-state index contributed by atoms with van der Waals surface area (Å²) in [4.78, 5) is 7.20. The zero-order chi connectivity index (χ0) is 21.5. The minimum absolute atomic E-state index is 0.0953. The Bertz CT molecular complexity index is 948. The molecule has 0 saturated carbocycles. The predicted octanol–water partition coefficient (Wildman–Crippen LogP) is 4.54. The van der Waals surface area contributed by atoms with Gasteiger partial charge in [0.05, 0.1) is 5.52 Å². The van der Waals surface area contributed by atoms with Gasteiger partial charge >= 0.3 is 0 Å². The van der Waals surface area contributed by atoms with Crippen LogP contribution in [0.2, 0.25) is 0 Å². The van der Waals surface area contributed by atoms with E-state index in [1.54, 1.807) is 0 Å². The topological polar surface area (TPSA) is 31.8 Å². The SMILES string of the molecule is C=C[C@H]1CN2CC[C@H]1C[C@H]2[C@H](OP(=S)(N(C)C)N(C)C)c1ccnc2ccccc12. The number of benzene rings is 1. The third-order valence-corrected chi connectivity index (χ3v) is 11.5. The minimum atomic E-state index is -2.34. The highest BCUT2D eigenvalue weighted by atomic mass is 32.5. The van der Waals surface area contributed by atoms with Crippen LogP contribution in [0.25, 0.3) is 10.9 Å². The standard InChI is InChI=1S/C23H33N4OPS/c1-6-17-16-27-14-12-18(17)15-22(27)23(28-29(30,25(2)3)26(4)5)20-11-13-24-21-10-8-7-9-19(20)21/h6-11,13,17-18,22-23H,1,12,14-16H2,2-5H3/t17-,18-,22-,23+/m0/s1. The second-order valence-electron chi connectivity index (χ2n) is 8.87. The normalized spacial score (nSPS) is 27.7. The van der Waals surface area contributed by atoms with Crippen LogP contribution in [0, 0.1) is 11.8 Å². The minimum Gasteiger partial charge on any atom is -0.317 e. The third-order valence-electron chi connectivity index (χ3n) is 6.75. The van der Waals surface area contributed by atoms with E-state index in [2.05, 4.69) is 56.1 Å². The summed E-state index contributed by atoms with van der Waals surface area (Å²) in [6.07, 6.45) is 6.32. The maximum Gasteiger partial charge on any atom is 0.202 e. The van der Waals surface area contributed by atoms with Gasteiger partial charge in [-0.2, -0.15) is 0 Å². The van der Waals surface area contributed by atoms with Gasteiger partial charge in [0.1, 0.15) is 6.10 Å². The molecule has 0 radical (unpaired) electrons. The summed E-state index contributed by atoms with van der Waals surface area (Å²) in [6, 6.07) is 10.8. The number of fused-ring (bicyclic) bond motifs is 4. The first-order valence-corrected chi connectivity index (χ1v) is 13.3. The molecule has 0 amide bonds. The van der Waals surface area contributed by atoms with Crippen LogP contribution in [0.5, 0.6) is 0 Å². The fourth-order valence-corrected chi connectivity index (χ4v) is 7.01. The molecular weight excluding hydrogens is 411 g/mol. The molecule has 0 spiro atoms. The number of hydrogen-bond donors (Lipinski definition) is 0. The van der Waals surface area contributed by atoms with Crippen LogP contribution >= 0.6 is 6.57 Å². The molecule has 3 aliphatic heterocycles. The van der Waals surface area contributed by atoms with Gasteiger partial charge < -0.3 is 4.52 Å². The first-order chi connectivity index (χ1) is 14.3. The van der Waals surface area contributed by atoms with Crippen molar-refractivity contribution in [2.75, 3.05) is 41.3 Å². The maximum atomic E-state index is 7.00. The van der Waals surface area contributed by atoms with Crippen LogP contribution in [-0.4, -0.2) is 66.5 Å². The zero-order valence-electron chi connectivity index (χ0n) is 18.4. The molecular formula is C23H33N4OPS. The van der Waals surface area contributed by atoms with Gasteiger partial charge in [-0.15, -0.1) is 6.58 Å². The van der Waals surface area contributed by atoms with E-state index in [1.807, 2.05) is 40.5 Å². The molecule has 3 saturated heterocycles. The predicted molar refractivity (Wildman–Crippen MR) is 129 cm³/mol. The molecule has 162 valence electrons. The average Bonchev–Trinajstić information content (AvgIpc) is 2.76. The van der Waals surface area contributed by atoms with Gasteiger partial charge in [-0.25, -0.2) is 9.34 Å². The monoisotopic (exact) mass is 444 g/mol. The molecule has 3 fully saturated rings. The van der Waals surface area contributed by atoms with Crippen LogP contribution in [0.4, 0.5) is 0 Å². The van der Waals surface area contributed by atoms with Gasteiger partial charge in [0, 0.05) is 24.2 Å². The van der Waals surface area contributed by atoms with E-state index < -0.39 is 6.57 Å². The van der Waals surface area contributed by atoms with Crippen LogP contribution in [0.1, 0.15) is 24.5 Å². The lowest BCUT2D eigenvalue weighted by Gasteiger charge is -2.52. The fraction of sp³-hybridized carbons (Fsp3) is 0.522. The smallest absolute Gasteiger partial charge is 0.202 e. The highest BCUT2D eigenvalue weighted by Gasteiger charge is 2.45. The lowest BCUT2D eigenvalue weighted by molar-refractivity contribution is -0.0359. The van der Waals surface area contributed by atoms with Crippen LogP contribution in [0.15, 0.2) is 49.2 Å². The molecule has 1 aromatic carbocycles. The summed E-state index contributed by atoms with van der Waals surface area (Å²) in [5, 5.41) is 1.16. The van der Waals surface area contributed by atoms with E-state index in [0.717, 1.165) is 30.4 Å². The molecule has 7 heteroatoms. The molecule has 30 heavy (non-hydrogen) atoms. The largest absolute Gasteiger partial charge is 0.317 e. The number of hydrogen-bond acceptors (Lipinski definition) is 4. The summed E-state index contributed by atoms with van der Waals surface area (Å²) in [5.41, 5.74) is 2.21. The summed E-state index contributed by atoms with van der Waals surface area (Å²) in [5.74, 6) is 1.25. The number of nitrogens with zero attached hydrogens (tertiary/aromatic N) is 4. The highest BCUT2D eigenvalue weighted by molar-refractivity contribution is 8.09. The summed E-state index contributed by atoms with van der Waals surface area (Å²) in [6.45, 7) is 3.93. The second kappa shape index (κ2) is 8.78. The molecule has 2 bridgehead atoms. The van der Waals surface area contributed by atoms with Crippen molar-refractivity contribution in [1.29, 1.82) is 0 Å². The van der Waals surface area contributed by atoms with E-state index in [4.69, 9.17) is 16.3 Å². The van der Waals surface area contributed by atoms with Crippen molar-refractivity contribution in [3.05, 3.63) is 54.7 Å². The Morgan fingerprint density at radius 3 is 2.60 bits per heavy atom. The van der Waals surface area contributed by atoms with Crippen LogP contribution in [0.3, 0.4) is 0 Å². The summed E-state index contributed by atoms with van der Waals surface area (Å²) >= 11 is 6.14. The van der Waals surface area contributed by atoms with E-state index in [9.17, 15) is 0 Å². The molecule has 4 heterocycles. The molecule has 1 aromatic heterocycles. The Balaban J connectivity index is 1.80. The molecule has 0 aliphatic carbocycles. The number of aromatic nitrogens is 1. The Morgan fingerprint density at radius 1 is 1.23 bits per heavy atom. The van der Waals surface area contributed by atoms with Crippen molar-refractivity contribution in [2.45, 2.75) is 25.0 Å². The number of pyridine rings is 1. The molecule has 0 N–H and O–H groups in total. The second-order valence-corrected chi connectivity index (χ2v) is 13.1. The maximum absolute atomic E-state index is 7.00. The third kappa shape index (κ3) is 3.90. The zero-order valence-corrected chi connectivity index (χ0v) is 20.1. The van der Waals surface area contributed by atoms with Gasteiger partial charge in [0.25, 0.3) is 0 Å². The van der Waals surface area contributed by atoms with E-state index in [0.29, 0.717) is 17.9 Å². The van der Waals surface area contributed by atoms with Crippen LogP contribution < -0.4 is 0 Å². The lowest BCUT2D eigenvalue weighted by atomic mass is 9.73. The fourth-order valence-electron chi connectivity index (χ4n) is 5.09. The van der Waals surface area contributed by atoms with Gasteiger partial charge in [0.15, 0.2) is 0 Å². The Hall–Kier alpha value is -1.14. The van der Waals surface area contributed by atoms with E-state index in [-0.39, 0.29) is 6.10 Å². The molecule has 3 aliphatic rings. The van der Waals surface area contributed by atoms with Crippen molar-refractivity contribution < 1.29 is 4.52 Å². The average molecular weight is 445 g/mol. The molecule has 5 atom stereocenters. The highest BCUT2D eigenvalue weighted by Crippen LogP contribution is 2.57. The number of para-hydroxylation sites is 1. The Kier molecular flexibility index (Phi) is 6.45. The quantitative estimate of drug-likeness (QED) is 0.461. The van der Waals surface area contributed by atoms with Gasteiger partial charge in [-0.3, -0.25) is 9.88 Å². The van der Waals surface area contributed by atoms with Crippen molar-refractivity contribution in [3.63, 3.8) is 0 Å². The summed E-state index contributed by atoms with van der Waals surface area (Å²) in [7, 11) is 8.13. The van der Waals surface area contributed by atoms with Crippen molar-refractivity contribution in [1.82, 2.24) is 19.2 Å². The van der Waals surface area contributed by atoms with E-state index in [1.165, 1.54) is 12.0 Å². The van der Waals surface area contributed by atoms with Crippen molar-refractivity contribution in [2.24, 2.45) is 11.8 Å². The number of piperidine rings is 3.